The van der Waals surface area contributed by atoms with Crippen LogP contribution in [0.25, 0.3) is 0 Å². The molecule has 3 rings (SSSR count). The Bertz CT molecular complexity index is 995. The minimum absolute atomic E-state index is 0.0137. The zero-order valence-electron chi connectivity index (χ0n) is 19.9. The van der Waals surface area contributed by atoms with Gasteiger partial charge in [-0.15, -0.1) is 0 Å². The standard InChI is InChI=1S/C24H35N3O5S/c1-5-26(6-2)22(24-11-8-12-31-24)14-25-15-23(28)20-9-7-10-21(13-20)33(29,30)27-16-18(3)32-19(4)17-27/h7-13,18-19,22,25H,5-6,14-17H2,1-4H3. The van der Waals surface area contributed by atoms with Gasteiger partial charge in [-0.3, -0.25) is 9.69 Å². The maximum Gasteiger partial charge on any atom is 0.243 e. The molecule has 1 N–H and O–H groups in total. The summed E-state index contributed by atoms with van der Waals surface area (Å²) in [6, 6.07) is 10.1. The minimum atomic E-state index is -3.70. The summed E-state index contributed by atoms with van der Waals surface area (Å²) in [4.78, 5) is 15.2. The number of furan rings is 1. The monoisotopic (exact) mass is 477 g/mol. The molecule has 1 aromatic heterocycles. The molecule has 9 heteroatoms. The first-order chi connectivity index (χ1) is 15.8. The lowest BCUT2D eigenvalue weighted by Crippen LogP contribution is -2.48. The van der Waals surface area contributed by atoms with Crippen molar-refractivity contribution in [2.24, 2.45) is 0 Å². The van der Waals surface area contributed by atoms with E-state index in [-0.39, 0.29) is 35.5 Å². The number of sulfonamides is 1. The van der Waals surface area contributed by atoms with Crippen molar-refractivity contribution in [2.45, 2.75) is 50.8 Å². The second-order valence-electron chi connectivity index (χ2n) is 8.41. The first-order valence-electron chi connectivity index (χ1n) is 11.5. The molecule has 0 spiro atoms. The quantitative estimate of drug-likeness (QED) is 0.498. The molecule has 1 fully saturated rings. The highest BCUT2D eigenvalue weighted by atomic mass is 32.2. The Labute approximate surface area is 196 Å². The second-order valence-corrected chi connectivity index (χ2v) is 10.4. The molecule has 2 aromatic rings. The zero-order valence-corrected chi connectivity index (χ0v) is 20.7. The topological polar surface area (TPSA) is 92.1 Å². The lowest BCUT2D eigenvalue weighted by molar-refractivity contribution is -0.0440. The van der Waals surface area contributed by atoms with E-state index >= 15 is 0 Å². The highest BCUT2D eigenvalue weighted by molar-refractivity contribution is 7.89. The Hall–Kier alpha value is -2.04. The van der Waals surface area contributed by atoms with E-state index in [4.69, 9.17) is 9.15 Å². The van der Waals surface area contributed by atoms with E-state index < -0.39 is 10.0 Å². The molecule has 2 heterocycles. The molecule has 0 amide bonds. The molecule has 182 valence electrons. The summed E-state index contributed by atoms with van der Waals surface area (Å²) in [6.07, 6.45) is 1.30. The van der Waals surface area contributed by atoms with E-state index in [1.165, 1.54) is 16.4 Å². The number of morpholine rings is 1. The summed E-state index contributed by atoms with van der Waals surface area (Å²) in [5.74, 6) is 0.689. The Kier molecular flexibility index (Phi) is 8.83. The summed E-state index contributed by atoms with van der Waals surface area (Å²) in [5.41, 5.74) is 0.371. The van der Waals surface area contributed by atoms with Crippen molar-refractivity contribution in [3.8, 4) is 0 Å². The normalized spacial score (nSPS) is 20.8. The molecule has 0 radical (unpaired) electrons. The van der Waals surface area contributed by atoms with E-state index in [0.29, 0.717) is 25.2 Å². The molecule has 1 aliphatic heterocycles. The molecule has 1 aromatic carbocycles. The van der Waals surface area contributed by atoms with E-state index in [9.17, 15) is 13.2 Å². The summed E-state index contributed by atoms with van der Waals surface area (Å²) in [7, 11) is -3.70. The van der Waals surface area contributed by atoms with Crippen LogP contribution >= 0.6 is 0 Å². The van der Waals surface area contributed by atoms with Gasteiger partial charge in [0.05, 0.1) is 36.0 Å². The highest BCUT2D eigenvalue weighted by Gasteiger charge is 2.32. The van der Waals surface area contributed by atoms with Crippen molar-refractivity contribution >= 4 is 15.8 Å². The van der Waals surface area contributed by atoms with Crippen molar-refractivity contribution in [2.75, 3.05) is 39.3 Å². The van der Waals surface area contributed by atoms with Crippen molar-refractivity contribution in [1.82, 2.24) is 14.5 Å². The molecule has 0 saturated carbocycles. The summed E-state index contributed by atoms with van der Waals surface area (Å²) in [5, 5.41) is 3.23. The van der Waals surface area contributed by atoms with Gasteiger partial charge in [0.2, 0.25) is 10.0 Å². The van der Waals surface area contributed by atoms with Gasteiger partial charge in [0, 0.05) is 25.2 Å². The van der Waals surface area contributed by atoms with Gasteiger partial charge in [-0.2, -0.15) is 4.31 Å². The highest BCUT2D eigenvalue weighted by Crippen LogP contribution is 2.23. The largest absolute Gasteiger partial charge is 0.468 e. The number of hydrogen-bond acceptors (Lipinski definition) is 7. The smallest absolute Gasteiger partial charge is 0.243 e. The lowest BCUT2D eigenvalue weighted by atomic mass is 10.1. The van der Waals surface area contributed by atoms with Crippen LogP contribution in [0.4, 0.5) is 0 Å². The van der Waals surface area contributed by atoms with Gasteiger partial charge in [0.15, 0.2) is 5.78 Å². The van der Waals surface area contributed by atoms with E-state index in [0.717, 1.165) is 18.8 Å². The van der Waals surface area contributed by atoms with Gasteiger partial charge in [-0.1, -0.05) is 26.0 Å². The Balaban J connectivity index is 1.67. The van der Waals surface area contributed by atoms with Gasteiger partial charge >= 0.3 is 0 Å². The van der Waals surface area contributed by atoms with E-state index in [2.05, 4.69) is 24.1 Å². The van der Waals surface area contributed by atoms with Gasteiger partial charge in [0.1, 0.15) is 5.76 Å². The van der Waals surface area contributed by atoms with Crippen LogP contribution in [0.2, 0.25) is 0 Å². The summed E-state index contributed by atoms with van der Waals surface area (Å²) in [6.45, 7) is 10.9. The zero-order chi connectivity index (χ0) is 24.0. The third-order valence-corrected chi connectivity index (χ3v) is 7.76. The predicted octanol–water partition coefficient (Wildman–Crippen LogP) is 2.93. The van der Waals surface area contributed by atoms with Gasteiger partial charge in [-0.05, 0) is 51.2 Å². The van der Waals surface area contributed by atoms with Crippen LogP contribution in [-0.2, 0) is 14.8 Å². The molecule has 1 aliphatic rings. The van der Waals surface area contributed by atoms with Crippen LogP contribution < -0.4 is 5.32 Å². The fourth-order valence-corrected chi connectivity index (χ4v) is 5.92. The van der Waals surface area contributed by atoms with Crippen LogP contribution in [0.15, 0.2) is 52.0 Å². The Morgan fingerprint density at radius 1 is 1.15 bits per heavy atom. The number of nitrogens with one attached hydrogen (secondary N) is 1. The molecular weight excluding hydrogens is 442 g/mol. The molecule has 0 aliphatic carbocycles. The Morgan fingerprint density at radius 3 is 2.45 bits per heavy atom. The van der Waals surface area contributed by atoms with Gasteiger partial charge < -0.3 is 14.5 Å². The molecule has 1 saturated heterocycles. The van der Waals surface area contributed by atoms with E-state index in [1.54, 1.807) is 18.4 Å². The number of carbonyl (C=O) groups is 1. The number of Topliss-reactive ketones (excluding diaryl/α,β-unsaturated/α-hetero) is 1. The fourth-order valence-electron chi connectivity index (χ4n) is 4.29. The molecular formula is C24H35N3O5S. The van der Waals surface area contributed by atoms with Crippen LogP contribution in [-0.4, -0.2) is 74.9 Å². The number of nitrogens with zero attached hydrogens (tertiary/aromatic N) is 2. The summed E-state index contributed by atoms with van der Waals surface area (Å²) >= 11 is 0. The average molecular weight is 478 g/mol. The van der Waals surface area contributed by atoms with Crippen molar-refractivity contribution in [3.63, 3.8) is 0 Å². The van der Waals surface area contributed by atoms with Crippen LogP contribution in [0.1, 0.15) is 49.9 Å². The third-order valence-electron chi connectivity index (χ3n) is 5.93. The number of rotatable bonds is 11. The average Bonchev–Trinajstić information content (AvgIpc) is 3.32. The number of ketones is 1. The van der Waals surface area contributed by atoms with Gasteiger partial charge in [0.25, 0.3) is 0 Å². The third kappa shape index (κ3) is 6.30. The molecule has 8 nitrogen and oxygen atoms in total. The summed E-state index contributed by atoms with van der Waals surface area (Å²) < 4.78 is 39.0. The second kappa shape index (κ2) is 11.4. The Morgan fingerprint density at radius 2 is 1.85 bits per heavy atom. The molecule has 3 atom stereocenters. The van der Waals surface area contributed by atoms with Crippen LogP contribution in [0.3, 0.4) is 0 Å². The van der Waals surface area contributed by atoms with Crippen molar-refractivity contribution in [1.29, 1.82) is 0 Å². The number of ether oxygens (including phenoxy) is 1. The van der Waals surface area contributed by atoms with Crippen molar-refractivity contribution < 1.29 is 22.4 Å². The van der Waals surface area contributed by atoms with Crippen molar-refractivity contribution in [3.05, 3.63) is 54.0 Å². The number of carbonyl (C=O) groups excluding carboxylic acids is 1. The van der Waals surface area contributed by atoms with E-state index in [1.807, 2.05) is 26.0 Å². The SMILES string of the molecule is CCN(CC)C(CNCC(=O)c1cccc(S(=O)(=O)N2CC(C)OC(C)C2)c1)c1ccco1. The first-order valence-corrected chi connectivity index (χ1v) is 13.0. The number of benzene rings is 1. The fraction of sp³-hybridized carbons (Fsp3) is 0.542. The lowest BCUT2D eigenvalue weighted by Gasteiger charge is -2.34. The molecule has 0 bridgehead atoms. The molecule has 33 heavy (non-hydrogen) atoms. The predicted molar refractivity (Wildman–Crippen MR) is 127 cm³/mol. The first kappa shape index (κ1) is 25.6. The van der Waals surface area contributed by atoms with Crippen LogP contribution in [0.5, 0.6) is 0 Å². The minimum Gasteiger partial charge on any atom is -0.468 e. The maximum atomic E-state index is 13.2. The van der Waals surface area contributed by atoms with Gasteiger partial charge in [-0.25, -0.2) is 8.42 Å². The van der Waals surface area contributed by atoms with Crippen LogP contribution in [0, 0.1) is 0 Å². The molecule has 3 unspecified atom stereocenters. The number of hydrogen-bond donors (Lipinski definition) is 1. The number of likely N-dealkylation sites (N-methyl/N-ethyl adjacent to an activating group) is 1. The maximum absolute atomic E-state index is 13.2.